The van der Waals surface area contributed by atoms with E-state index in [1.54, 1.807) is 10.9 Å². The lowest BCUT2D eigenvalue weighted by molar-refractivity contribution is -0.170. The third-order valence-corrected chi connectivity index (χ3v) is 4.48. The third kappa shape index (κ3) is 2.71. The molecular weight excluding hydrogens is 318 g/mol. The van der Waals surface area contributed by atoms with Gasteiger partial charge in [-0.1, -0.05) is 0 Å². The Kier molecular flexibility index (Phi) is 3.45. The van der Waals surface area contributed by atoms with Crippen molar-refractivity contribution in [3.05, 3.63) is 41.6 Å². The summed E-state index contributed by atoms with van der Waals surface area (Å²) in [6.07, 6.45) is 1.64. The van der Waals surface area contributed by atoms with E-state index in [2.05, 4.69) is 10.00 Å². The van der Waals surface area contributed by atoms with Crippen molar-refractivity contribution < 1.29 is 18.0 Å². The number of carbonyl (C=O) groups excluding carboxylic acids is 1. The molecular formula is C16H18F2N4O2. The van der Waals surface area contributed by atoms with Gasteiger partial charge in [0.1, 0.15) is 17.6 Å². The van der Waals surface area contributed by atoms with E-state index in [4.69, 9.17) is 4.42 Å². The van der Waals surface area contributed by atoms with Crippen LogP contribution in [-0.4, -0.2) is 51.0 Å². The largest absolute Gasteiger partial charge is 0.465 e. The predicted octanol–water partition coefficient (Wildman–Crippen LogP) is 1.82. The zero-order valence-electron chi connectivity index (χ0n) is 13.3. The third-order valence-electron chi connectivity index (χ3n) is 4.48. The molecule has 1 saturated heterocycles. The van der Waals surface area contributed by atoms with Crippen molar-refractivity contribution in [2.45, 2.75) is 32.0 Å². The van der Waals surface area contributed by atoms with Gasteiger partial charge >= 0.3 is 0 Å². The molecule has 2 aliphatic heterocycles. The molecule has 0 aliphatic carbocycles. The second-order valence-corrected chi connectivity index (χ2v) is 6.52. The normalized spacial score (nSPS) is 23.0. The lowest BCUT2D eigenvalue weighted by Gasteiger charge is -2.42. The Bertz CT molecular complexity index is 762. The van der Waals surface area contributed by atoms with Crippen LogP contribution in [0.1, 0.15) is 23.3 Å². The number of halogens is 2. The van der Waals surface area contributed by atoms with Crippen molar-refractivity contribution in [1.82, 2.24) is 19.6 Å². The zero-order valence-corrected chi connectivity index (χ0v) is 13.3. The molecule has 2 aromatic rings. The molecule has 6 nitrogen and oxygen atoms in total. The molecule has 0 N–H and O–H groups in total. The SMILES string of the molecule is Cc1ccc(CN2Cc3ccnn3[C@H](C(=O)N3CC(F)(F)C3)C2)o1. The number of amides is 1. The van der Waals surface area contributed by atoms with Gasteiger partial charge in [0.2, 0.25) is 5.91 Å². The maximum Gasteiger partial charge on any atom is 0.282 e. The molecule has 0 radical (unpaired) electrons. The van der Waals surface area contributed by atoms with Crippen LogP contribution >= 0.6 is 0 Å². The highest BCUT2D eigenvalue weighted by Gasteiger charge is 2.48. The van der Waals surface area contributed by atoms with Crippen LogP contribution in [0.15, 0.2) is 28.8 Å². The second-order valence-electron chi connectivity index (χ2n) is 6.52. The van der Waals surface area contributed by atoms with Gasteiger partial charge < -0.3 is 9.32 Å². The van der Waals surface area contributed by atoms with Crippen LogP contribution in [-0.2, 0) is 17.9 Å². The summed E-state index contributed by atoms with van der Waals surface area (Å²) in [6, 6.07) is 5.09. The highest BCUT2D eigenvalue weighted by Crippen LogP contribution is 2.31. The van der Waals surface area contributed by atoms with Gasteiger partial charge in [0, 0.05) is 19.3 Å². The van der Waals surface area contributed by atoms with Crippen LogP contribution in [0.4, 0.5) is 8.78 Å². The van der Waals surface area contributed by atoms with E-state index in [-0.39, 0.29) is 5.91 Å². The molecule has 2 aliphatic rings. The monoisotopic (exact) mass is 336 g/mol. The molecule has 2 aromatic heterocycles. The maximum absolute atomic E-state index is 13.1. The van der Waals surface area contributed by atoms with Crippen molar-refractivity contribution in [2.75, 3.05) is 19.6 Å². The van der Waals surface area contributed by atoms with Gasteiger partial charge in [0.25, 0.3) is 5.92 Å². The number of hydrogen-bond donors (Lipinski definition) is 0. The fourth-order valence-corrected chi connectivity index (χ4v) is 3.34. The summed E-state index contributed by atoms with van der Waals surface area (Å²) >= 11 is 0. The first-order valence-electron chi connectivity index (χ1n) is 7.88. The van der Waals surface area contributed by atoms with Gasteiger partial charge in [-0.25, -0.2) is 8.78 Å². The van der Waals surface area contributed by atoms with Crippen molar-refractivity contribution >= 4 is 5.91 Å². The molecule has 0 aromatic carbocycles. The first kappa shape index (κ1) is 15.3. The average Bonchev–Trinajstić information content (AvgIpc) is 3.12. The summed E-state index contributed by atoms with van der Waals surface area (Å²) in [6.45, 7) is 2.51. The minimum absolute atomic E-state index is 0.300. The molecule has 0 spiro atoms. The molecule has 0 unspecified atom stereocenters. The van der Waals surface area contributed by atoms with E-state index in [1.807, 2.05) is 25.1 Å². The topological polar surface area (TPSA) is 54.5 Å². The summed E-state index contributed by atoms with van der Waals surface area (Å²) in [5.74, 6) is -1.40. The van der Waals surface area contributed by atoms with Crippen LogP contribution in [0.3, 0.4) is 0 Å². The van der Waals surface area contributed by atoms with Gasteiger partial charge in [0.05, 0.1) is 25.3 Å². The second kappa shape index (κ2) is 5.41. The number of aryl methyl sites for hydroxylation is 1. The summed E-state index contributed by atoms with van der Waals surface area (Å²) < 4.78 is 33.4. The molecule has 4 rings (SSSR count). The number of furan rings is 1. The van der Waals surface area contributed by atoms with E-state index in [1.165, 1.54) is 4.90 Å². The minimum Gasteiger partial charge on any atom is -0.465 e. The van der Waals surface area contributed by atoms with Crippen molar-refractivity contribution in [2.24, 2.45) is 0 Å². The number of aromatic nitrogens is 2. The van der Waals surface area contributed by atoms with E-state index < -0.39 is 25.1 Å². The maximum atomic E-state index is 13.1. The van der Waals surface area contributed by atoms with E-state index in [9.17, 15) is 13.6 Å². The number of rotatable bonds is 3. The molecule has 8 heteroatoms. The van der Waals surface area contributed by atoms with Crippen LogP contribution in [0.25, 0.3) is 0 Å². The molecule has 24 heavy (non-hydrogen) atoms. The Labute approximate surface area is 137 Å². The van der Waals surface area contributed by atoms with Crippen molar-refractivity contribution in [1.29, 1.82) is 0 Å². The quantitative estimate of drug-likeness (QED) is 0.858. The average molecular weight is 336 g/mol. The molecule has 1 atom stereocenters. The van der Waals surface area contributed by atoms with Gasteiger partial charge in [-0.2, -0.15) is 5.10 Å². The number of carbonyl (C=O) groups is 1. The van der Waals surface area contributed by atoms with E-state index >= 15 is 0 Å². The highest BCUT2D eigenvalue weighted by atomic mass is 19.3. The standard InChI is InChI=1S/C16H18F2N4O2/c1-11-2-3-13(24-11)7-20-6-12-4-5-19-22(12)14(8-20)15(23)21-9-16(17,18)10-21/h2-5,14H,6-10H2,1H3/t14-/m0/s1. The molecule has 1 amide bonds. The Morgan fingerprint density at radius 2 is 2.17 bits per heavy atom. The van der Waals surface area contributed by atoms with Gasteiger partial charge in [-0.05, 0) is 25.1 Å². The Morgan fingerprint density at radius 3 is 2.83 bits per heavy atom. The smallest absolute Gasteiger partial charge is 0.282 e. The zero-order chi connectivity index (χ0) is 16.9. The summed E-state index contributed by atoms with van der Waals surface area (Å²) in [5.41, 5.74) is 0.898. The van der Waals surface area contributed by atoms with Crippen molar-refractivity contribution in [3.63, 3.8) is 0 Å². The Morgan fingerprint density at radius 1 is 1.38 bits per heavy atom. The number of fused-ring (bicyclic) bond motifs is 1. The number of alkyl halides is 2. The van der Waals surface area contributed by atoms with E-state index in [0.29, 0.717) is 19.6 Å². The number of nitrogens with zero attached hydrogens (tertiary/aromatic N) is 4. The number of likely N-dealkylation sites (tertiary alicyclic amines) is 1. The summed E-state index contributed by atoms with van der Waals surface area (Å²) in [4.78, 5) is 15.9. The lowest BCUT2D eigenvalue weighted by atomic mass is 10.1. The Balaban J connectivity index is 1.52. The van der Waals surface area contributed by atoms with Crippen LogP contribution < -0.4 is 0 Å². The molecule has 0 saturated carbocycles. The van der Waals surface area contributed by atoms with Crippen molar-refractivity contribution in [3.8, 4) is 0 Å². The van der Waals surface area contributed by atoms with Gasteiger partial charge in [-0.15, -0.1) is 0 Å². The van der Waals surface area contributed by atoms with Gasteiger partial charge in [-0.3, -0.25) is 14.4 Å². The first-order valence-corrected chi connectivity index (χ1v) is 7.88. The summed E-state index contributed by atoms with van der Waals surface area (Å²) in [5, 5.41) is 4.21. The fraction of sp³-hybridized carbons (Fsp3) is 0.500. The number of hydrogen-bond acceptors (Lipinski definition) is 4. The van der Waals surface area contributed by atoms with Gasteiger partial charge in [0.15, 0.2) is 0 Å². The molecule has 1 fully saturated rings. The first-order chi connectivity index (χ1) is 11.4. The molecule has 0 bridgehead atoms. The summed E-state index contributed by atoms with van der Waals surface area (Å²) in [7, 11) is 0. The Hall–Kier alpha value is -2.22. The minimum atomic E-state index is -2.76. The van der Waals surface area contributed by atoms with E-state index in [0.717, 1.165) is 17.2 Å². The molecule has 4 heterocycles. The fourth-order valence-electron chi connectivity index (χ4n) is 3.34. The highest BCUT2D eigenvalue weighted by molar-refractivity contribution is 5.82. The lowest BCUT2D eigenvalue weighted by Crippen LogP contribution is -2.61. The predicted molar refractivity (Wildman–Crippen MR) is 80.4 cm³/mol. The molecule has 128 valence electrons. The van der Waals surface area contributed by atoms with Crippen LogP contribution in [0, 0.1) is 6.92 Å². The van der Waals surface area contributed by atoms with Crippen LogP contribution in [0.2, 0.25) is 0 Å². The van der Waals surface area contributed by atoms with Crippen LogP contribution in [0.5, 0.6) is 0 Å².